The van der Waals surface area contributed by atoms with E-state index in [2.05, 4.69) is 15.6 Å². The summed E-state index contributed by atoms with van der Waals surface area (Å²) in [6, 6.07) is 5.34. The maximum atomic E-state index is 12.2. The summed E-state index contributed by atoms with van der Waals surface area (Å²) >= 11 is 1.19. The van der Waals surface area contributed by atoms with E-state index in [1.807, 2.05) is 18.3 Å². The van der Waals surface area contributed by atoms with Crippen molar-refractivity contribution in [3.8, 4) is 11.1 Å². The number of nitrogens with one attached hydrogen (secondary N) is 2. The molecule has 4 rings (SSSR count). The van der Waals surface area contributed by atoms with Gasteiger partial charge in [0.05, 0.1) is 17.6 Å². The Labute approximate surface area is 157 Å². The van der Waals surface area contributed by atoms with Gasteiger partial charge in [-0.05, 0) is 47.5 Å². The molecule has 1 saturated carbocycles. The molecule has 0 unspecified atom stereocenters. The molecule has 0 spiro atoms. The number of carbonyl (C=O) groups is 2. The van der Waals surface area contributed by atoms with E-state index in [0.29, 0.717) is 16.3 Å². The first kappa shape index (κ1) is 17.6. The SMILES string of the molecule is O=C(NCC(F)F)c1cc(-c2ccc3nc(NC(=O)C4CC4)cn3c2)cs1. The van der Waals surface area contributed by atoms with E-state index >= 15 is 0 Å². The quantitative estimate of drug-likeness (QED) is 0.677. The number of alkyl halides is 2. The average Bonchev–Trinajstić information content (AvgIpc) is 3.24. The monoisotopic (exact) mass is 390 g/mol. The molecule has 2 N–H and O–H groups in total. The number of carbonyl (C=O) groups excluding carboxylic acids is 2. The van der Waals surface area contributed by atoms with Crippen molar-refractivity contribution >= 4 is 34.6 Å². The summed E-state index contributed by atoms with van der Waals surface area (Å²) in [6.07, 6.45) is 2.86. The van der Waals surface area contributed by atoms with Gasteiger partial charge in [-0.25, -0.2) is 13.8 Å². The number of hydrogen-bond acceptors (Lipinski definition) is 4. The Bertz CT molecular complexity index is 1010. The predicted octanol–water partition coefficient (Wildman–Crippen LogP) is 3.41. The number of rotatable bonds is 6. The fourth-order valence-electron chi connectivity index (χ4n) is 2.66. The Morgan fingerprint density at radius 1 is 1.26 bits per heavy atom. The van der Waals surface area contributed by atoms with Gasteiger partial charge in [0, 0.05) is 12.1 Å². The molecule has 140 valence electrons. The number of halogens is 2. The molecular formula is C18H16F2N4O2S. The molecule has 1 aliphatic carbocycles. The highest BCUT2D eigenvalue weighted by Crippen LogP contribution is 2.30. The van der Waals surface area contributed by atoms with Crippen molar-refractivity contribution in [1.29, 1.82) is 0 Å². The molecule has 3 heterocycles. The van der Waals surface area contributed by atoms with Gasteiger partial charge < -0.3 is 15.0 Å². The Hall–Kier alpha value is -2.81. The molecule has 3 aromatic heterocycles. The molecular weight excluding hydrogens is 374 g/mol. The third-order valence-electron chi connectivity index (χ3n) is 4.22. The molecule has 1 aliphatic rings. The summed E-state index contributed by atoms with van der Waals surface area (Å²) in [5, 5.41) is 6.80. The summed E-state index contributed by atoms with van der Waals surface area (Å²) < 4.78 is 26.2. The van der Waals surface area contributed by atoms with Crippen LogP contribution in [0.25, 0.3) is 16.8 Å². The van der Waals surface area contributed by atoms with Crippen LogP contribution >= 0.6 is 11.3 Å². The van der Waals surface area contributed by atoms with E-state index < -0.39 is 18.9 Å². The van der Waals surface area contributed by atoms with E-state index in [9.17, 15) is 18.4 Å². The topological polar surface area (TPSA) is 75.5 Å². The molecule has 0 bridgehead atoms. The first-order chi connectivity index (χ1) is 13.0. The zero-order valence-corrected chi connectivity index (χ0v) is 14.9. The van der Waals surface area contributed by atoms with Gasteiger partial charge in [0.2, 0.25) is 5.91 Å². The zero-order valence-electron chi connectivity index (χ0n) is 14.1. The Balaban J connectivity index is 1.51. The average molecular weight is 390 g/mol. The van der Waals surface area contributed by atoms with Crippen LogP contribution in [0.2, 0.25) is 0 Å². The molecule has 6 nitrogen and oxygen atoms in total. The van der Waals surface area contributed by atoms with Crippen LogP contribution in [0.1, 0.15) is 22.5 Å². The molecule has 0 atom stereocenters. The van der Waals surface area contributed by atoms with Gasteiger partial charge in [0.1, 0.15) is 5.65 Å². The van der Waals surface area contributed by atoms with Crippen molar-refractivity contribution in [1.82, 2.24) is 14.7 Å². The van der Waals surface area contributed by atoms with Crippen LogP contribution in [0, 0.1) is 5.92 Å². The van der Waals surface area contributed by atoms with Crippen molar-refractivity contribution in [2.24, 2.45) is 5.92 Å². The summed E-state index contributed by atoms with van der Waals surface area (Å²) in [6.45, 7) is -0.664. The van der Waals surface area contributed by atoms with E-state index in [-0.39, 0.29) is 11.8 Å². The minimum Gasteiger partial charge on any atom is -0.346 e. The summed E-state index contributed by atoms with van der Waals surface area (Å²) in [7, 11) is 0. The predicted molar refractivity (Wildman–Crippen MR) is 98.2 cm³/mol. The Morgan fingerprint density at radius 3 is 2.81 bits per heavy atom. The highest BCUT2D eigenvalue weighted by molar-refractivity contribution is 7.12. The van der Waals surface area contributed by atoms with Crippen LogP contribution in [0.4, 0.5) is 14.6 Å². The second-order valence-electron chi connectivity index (χ2n) is 6.37. The van der Waals surface area contributed by atoms with Crippen LogP contribution in [0.15, 0.2) is 36.0 Å². The molecule has 0 radical (unpaired) electrons. The molecule has 2 amide bonds. The highest BCUT2D eigenvalue weighted by Gasteiger charge is 2.30. The van der Waals surface area contributed by atoms with Gasteiger partial charge in [0.15, 0.2) is 5.82 Å². The fraction of sp³-hybridized carbons (Fsp3) is 0.278. The number of aromatic nitrogens is 2. The van der Waals surface area contributed by atoms with Gasteiger partial charge in [-0.15, -0.1) is 11.3 Å². The third kappa shape index (κ3) is 3.97. The van der Waals surface area contributed by atoms with Crippen LogP contribution in [-0.4, -0.2) is 34.2 Å². The summed E-state index contributed by atoms with van der Waals surface area (Å²) in [5.74, 6) is 0.0866. The second kappa shape index (κ2) is 7.07. The normalized spacial score (nSPS) is 13.9. The molecule has 0 saturated heterocycles. The fourth-order valence-corrected chi connectivity index (χ4v) is 3.49. The lowest BCUT2D eigenvalue weighted by Gasteiger charge is -2.01. The summed E-state index contributed by atoms with van der Waals surface area (Å²) in [5.41, 5.74) is 2.35. The number of thiophene rings is 1. The van der Waals surface area contributed by atoms with Gasteiger partial charge in [0.25, 0.3) is 12.3 Å². The van der Waals surface area contributed by atoms with E-state index in [0.717, 1.165) is 24.0 Å². The molecule has 1 fully saturated rings. The highest BCUT2D eigenvalue weighted by atomic mass is 32.1. The molecule has 3 aromatic rings. The maximum Gasteiger partial charge on any atom is 0.261 e. The Morgan fingerprint density at radius 2 is 2.07 bits per heavy atom. The van der Waals surface area contributed by atoms with E-state index in [1.54, 1.807) is 22.0 Å². The third-order valence-corrected chi connectivity index (χ3v) is 5.15. The number of nitrogens with zero attached hydrogens (tertiary/aromatic N) is 2. The maximum absolute atomic E-state index is 12.2. The first-order valence-corrected chi connectivity index (χ1v) is 9.32. The number of fused-ring (bicyclic) bond motifs is 1. The lowest BCUT2D eigenvalue weighted by molar-refractivity contribution is -0.117. The number of amides is 2. The lowest BCUT2D eigenvalue weighted by Crippen LogP contribution is -2.27. The standard InChI is InChI=1S/C18H16F2N4O2S/c19-14(20)6-21-18(26)13-5-12(9-27-13)11-3-4-16-22-15(8-24(16)7-11)23-17(25)10-1-2-10/h3-5,7-10,14H,1-2,6H2,(H,21,26)(H,23,25). The van der Waals surface area contributed by atoms with Gasteiger partial charge in [-0.1, -0.05) is 0 Å². The van der Waals surface area contributed by atoms with Crippen LogP contribution in [-0.2, 0) is 4.79 Å². The zero-order chi connectivity index (χ0) is 19.0. The van der Waals surface area contributed by atoms with Crippen LogP contribution in [0.5, 0.6) is 0 Å². The minimum atomic E-state index is -2.58. The van der Waals surface area contributed by atoms with Gasteiger partial charge in [-0.3, -0.25) is 9.59 Å². The summed E-state index contributed by atoms with van der Waals surface area (Å²) in [4.78, 5) is 28.5. The van der Waals surface area contributed by atoms with Crippen molar-refractivity contribution in [2.45, 2.75) is 19.3 Å². The molecule has 0 aliphatic heterocycles. The molecule has 27 heavy (non-hydrogen) atoms. The number of pyridine rings is 1. The van der Waals surface area contributed by atoms with Crippen molar-refractivity contribution < 1.29 is 18.4 Å². The first-order valence-electron chi connectivity index (χ1n) is 8.44. The number of anilines is 1. The van der Waals surface area contributed by atoms with Crippen LogP contribution < -0.4 is 10.6 Å². The number of imidazole rings is 1. The van der Waals surface area contributed by atoms with Crippen molar-refractivity contribution in [3.63, 3.8) is 0 Å². The number of hydrogen-bond donors (Lipinski definition) is 2. The van der Waals surface area contributed by atoms with E-state index in [4.69, 9.17) is 0 Å². The van der Waals surface area contributed by atoms with Crippen molar-refractivity contribution in [3.05, 3.63) is 40.8 Å². The van der Waals surface area contributed by atoms with Gasteiger partial charge in [-0.2, -0.15) is 0 Å². The Kier molecular flexibility index (Phi) is 4.61. The smallest absolute Gasteiger partial charge is 0.261 e. The lowest BCUT2D eigenvalue weighted by atomic mass is 10.1. The second-order valence-corrected chi connectivity index (χ2v) is 7.28. The van der Waals surface area contributed by atoms with Crippen LogP contribution in [0.3, 0.4) is 0 Å². The minimum absolute atomic E-state index is 0.00378. The van der Waals surface area contributed by atoms with E-state index in [1.165, 1.54) is 11.3 Å². The molecule has 9 heteroatoms. The van der Waals surface area contributed by atoms with Gasteiger partial charge >= 0.3 is 0 Å². The van der Waals surface area contributed by atoms with Crippen molar-refractivity contribution in [2.75, 3.05) is 11.9 Å². The largest absolute Gasteiger partial charge is 0.346 e. The molecule has 0 aromatic carbocycles.